The van der Waals surface area contributed by atoms with Crippen LogP contribution in [0.1, 0.15) is 105 Å². The SMILES string of the molecule is CCCCCCCCCCCCCCOCCO[SiH2]C(C)(C)C. The van der Waals surface area contributed by atoms with Gasteiger partial charge in [-0.25, -0.2) is 0 Å². The summed E-state index contributed by atoms with van der Waals surface area (Å²) in [4.78, 5) is 0. The Morgan fingerprint density at radius 2 is 1.09 bits per heavy atom. The van der Waals surface area contributed by atoms with Crippen molar-refractivity contribution in [1.29, 1.82) is 0 Å². The molecule has 0 aromatic carbocycles. The van der Waals surface area contributed by atoms with Gasteiger partial charge in [0.15, 0.2) is 9.76 Å². The average Bonchev–Trinajstić information content (AvgIpc) is 2.49. The van der Waals surface area contributed by atoms with E-state index in [0.29, 0.717) is 5.04 Å². The third kappa shape index (κ3) is 22.1. The van der Waals surface area contributed by atoms with E-state index in [1.165, 1.54) is 77.0 Å². The Hall–Kier alpha value is 0.137. The predicted octanol–water partition coefficient (Wildman–Crippen LogP) is 6.02. The van der Waals surface area contributed by atoms with Gasteiger partial charge in [-0.05, 0) is 11.5 Å². The maximum absolute atomic E-state index is 5.73. The van der Waals surface area contributed by atoms with Crippen LogP contribution in [0.15, 0.2) is 0 Å². The Kier molecular flexibility index (Phi) is 17.1. The molecule has 0 saturated carbocycles. The Bertz CT molecular complexity index is 226. The van der Waals surface area contributed by atoms with Crippen LogP contribution >= 0.6 is 0 Å². The second-order valence-electron chi connectivity index (χ2n) is 8.11. The van der Waals surface area contributed by atoms with E-state index in [0.717, 1.165) is 19.8 Å². The van der Waals surface area contributed by atoms with Gasteiger partial charge in [-0.3, -0.25) is 0 Å². The largest absolute Gasteiger partial charge is 0.421 e. The van der Waals surface area contributed by atoms with Crippen LogP contribution < -0.4 is 0 Å². The van der Waals surface area contributed by atoms with E-state index in [9.17, 15) is 0 Å². The molecule has 0 heterocycles. The van der Waals surface area contributed by atoms with E-state index in [1.807, 2.05) is 0 Å². The summed E-state index contributed by atoms with van der Waals surface area (Å²) in [6.45, 7) is 11.5. The zero-order valence-electron chi connectivity index (χ0n) is 16.6. The van der Waals surface area contributed by atoms with Gasteiger partial charge in [-0.1, -0.05) is 98.3 Å². The van der Waals surface area contributed by atoms with Crippen molar-refractivity contribution in [2.24, 2.45) is 0 Å². The van der Waals surface area contributed by atoms with Crippen molar-refractivity contribution >= 4 is 9.76 Å². The highest BCUT2D eigenvalue weighted by Crippen LogP contribution is 2.19. The van der Waals surface area contributed by atoms with Crippen molar-refractivity contribution in [3.8, 4) is 0 Å². The second-order valence-corrected chi connectivity index (χ2v) is 10.9. The molecule has 23 heavy (non-hydrogen) atoms. The lowest BCUT2D eigenvalue weighted by atomic mass is 10.1. The van der Waals surface area contributed by atoms with Gasteiger partial charge in [0.1, 0.15) is 0 Å². The summed E-state index contributed by atoms with van der Waals surface area (Å²) < 4.78 is 11.4. The van der Waals surface area contributed by atoms with Crippen molar-refractivity contribution in [2.45, 2.75) is 110 Å². The molecule has 2 nitrogen and oxygen atoms in total. The number of unbranched alkanes of at least 4 members (excludes halogenated alkanes) is 11. The third-order valence-corrected chi connectivity index (χ3v) is 5.41. The van der Waals surface area contributed by atoms with Gasteiger partial charge in [-0.15, -0.1) is 0 Å². The van der Waals surface area contributed by atoms with E-state index >= 15 is 0 Å². The molecule has 0 spiro atoms. The quantitative estimate of drug-likeness (QED) is 0.237. The number of hydrogen-bond donors (Lipinski definition) is 0. The lowest BCUT2D eigenvalue weighted by Gasteiger charge is -2.16. The minimum Gasteiger partial charge on any atom is -0.421 e. The van der Waals surface area contributed by atoms with Crippen LogP contribution in [0.3, 0.4) is 0 Å². The van der Waals surface area contributed by atoms with Gasteiger partial charge in [0.05, 0.1) is 13.2 Å². The lowest BCUT2D eigenvalue weighted by molar-refractivity contribution is 0.0972. The topological polar surface area (TPSA) is 18.5 Å². The Morgan fingerprint density at radius 3 is 1.57 bits per heavy atom. The van der Waals surface area contributed by atoms with E-state index < -0.39 is 9.76 Å². The molecule has 140 valence electrons. The van der Waals surface area contributed by atoms with Gasteiger partial charge >= 0.3 is 0 Å². The minimum absolute atomic E-state index is 0.395. The molecule has 0 aromatic rings. The molecule has 0 saturated heterocycles. The number of ether oxygens (including phenoxy) is 1. The van der Waals surface area contributed by atoms with Crippen molar-refractivity contribution in [3.05, 3.63) is 0 Å². The molecular formula is C20H44O2Si. The van der Waals surface area contributed by atoms with Crippen molar-refractivity contribution in [3.63, 3.8) is 0 Å². The third-order valence-electron chi connectivity index (χ3n) is 4.05. The van der Waals surface area contributed by atoms with Crippen LogP contribution in [-0.4, -0.2) is 29.6 Å². The van der Waals surface area contributed by atoms with Crippen molar-refractivity contribution in [2.75, 3.05) is 19.8 Å². The normalized spacial score (nSPS) is 12.5. The summed E-state index contributed by atoms with van der Waals surface area (Å²) in [5.41, 5.74) is 0. The molecule has 0 fully saturated rings. The zero-order valence-corrected chi connectivity index (χ0v) is 18.0. The molecule has 0 rings (SSSR count). The molecular weight excluding hydrogens is 300 g/mol. The summed E-state index contributed by atoms with van der Waals surface area (Å²) in [5.74, 6) is 0. The maximum Gasteiger partial charge on any atom is 0.166 e. The first kappa shape index (κ1) is 23.1. The second kappa shape index (κ2) is 17.0. The highest BCUT2D eigenvalue weighted by molar-refractivity contribution is 6.31. The van der Waals surface area contributed by atoms with Crippen LogP contribution in [-0.2, 0) is 9.16 Å². The van der Waals surface area contributed by atoms with Gasteiger partial charge in [-0.2, -0.15) is 0 Å². The first-order valence-corrected chi connectivity index (χ1v) is 11.5. The first-order chi connectivity index (χ1) is 11.1. The highest BCUT2D eigenvalue weighted by Gasteiger charge is 2.10. The van der Waals surface area contributed by atoms with Gasteiger partial charge < -0.3 is 9.16 Å². The van der Waals surface area contributed by atoms with Gasteiger partial charge in [0.2, 0.25) is 0 Å². The predicted molar refractivity (Wildman–Crippen MR) is 106 cm³/mol. The Labute approximate surface area is 149 Å². The van der Waals surface area contributed by atoms with E-state index in [-0.39, 0.29) is 0 Å². The first-order valence-electron chi connectivity index (χ1n) is 10.2. The lowest BCUT2D eigenvalue weighted by Crippen LogP contribution is -2.15. The highest BCUT2D eigenvalue weighted by atomic mass is 28.2. The molecule has 0 atom stereocenters. The fraction of sp³-hybridized carbons (Fsp3) is 1.00. The standard InChI is InChI=1S/C20H44O2Si/c1-5-6-7-8-9-10-11-12-13-14-15-16-17-21-18-19-22-23-20(2,3)4/h5-19,23H2,1-4H3. The van der Waals surface area contributed by atoms with Crippen LogP contribution in [0.4, 0.5) is 0 Å². The van der Waals surface area contributed by atoms with E-state index in [1.54, 1.807) is 0 Å². The zero-order chi connectivity index (χ0) is 17.2. The summed E-state index contributed by atoms with van der Waals surface area (Å²) in [6.07, 6.45) is 16.8. The molecule has 0 radical (unpaired) electrons. The maximum atomic E-state index is 5.73. The monoisotopic (exact) mass is 344 g/mol. The molecule has 0 aliphatic rings. The fourth-order valence-corrected chi connectivity index (χ4v) is 3.52. The van der Waals surface area contributed by atoms with Gasteiger partial charge in [0, 0.05) is 6.61 Å². The molecule has 0 N–H and O–H groups in total. The smallest absolute Gasteiger partial charge is 0.166 e. The molecule has 0 aliphatic heterocycles. The van der Waals surface area contributed by atoms with Crippen LogP contribution in [0.2, 0.25) is 5.04 Å². The van der Waals surface area contributed by atoms with Gasteiger partial charge in [0.25, 0.3) is 0 Å². The molecule has 0 bridgehead atoms. The Balaban J connectivity index is 3.00. The summed E-state index contributed by atoms with van der Waals surface area (Å²) in [7, 11) is -0.395. The fourth-order valence-electron chi connectivity index (χ4n) is 2.64. The van der Waals surface area contributed by atoms with E-state index in [2.05, 4.69) is 27.7 Å². The molecule has 0 unspecified atom stereocenters. The minimum atomic E-state index is -0.395. The summed E-state index contributed by atoms with van der Waals surface area (Å²) >= 11 is 0. The van der Waals surface area contributed by atoms with Crippen molar-refractivity contribution in [1.82, 2.24) is 0 Å². The van der Waals surface area contributed by atoms with Crippen LogP contribution in [0.25, 0.3) is 0 Å². The molecule has 0 amide bonds. The molecule has 0 aromatic heterocycles. The molecule has 0 aliphatic carbocycles. The Morgan fingerprint density at radius 1 is 0.609 bits per heavy atom. The number of hydrogen-bond acceptors (Lipinski definition) is 2. The average molecular weight is 345 g/mol. The summed E-state index contributed by atoms with van der Waals surface area (Å²) in [5, 5.41) is 0.398. The van der Waals surface area contributed by atoms with Crippen molar-refractivity contribution < 1.29 is 9.16 Å². The van der Waals surface area contributed by atoms with Crippen LogP contribution in [0.5, 0.6) is 0 Å². The molecule has 3 heteroatoms. The van der Waals surface area contributed by atoms with Crippen LogP contribution in [0, 0.1) is 0 Å². The number of rotatable bonds is 17. The van der Waals surface area contributed by atoms with E-state index in [4.69, 9.17) is 9.16 Å². The summed E-state index contributed by atoms with van der Waals surface area (Å²) in [6, 6.07) is 0.